The van der Waals surface area contributed by atoms with Crippen LogP contribution in [-0.4, -0.2) is 9.55 Å². The van der Waals surface area contributed by atoms with E-state index < -0.39 is 0 Å². The van der Waals surface area contributed by atoms with Gasteiger partial charge in [0.1, 0.15) is 5.82 Å². The number of nitrogens with two attached hydrogens (primary N) is 1. The maximum atomic E-state index is 6.18. The van der Waals surface area contributed by atoms with Gasteiger partial charge in [-0.25, -0.2) is 4.98 Å². The van der Waals surface area contributed by atoms with Crippen molar-refractivity contribution in [1.82, 2.24) is 9.55 Å². The minimum absolute atomic E-state index is 0.147. The van der Waals surface area contributed by atoms with Crippen LogP contribution in [-0.2, 0) is 7.05 Å². The number of hydrogen-bond acceptors (Lipinski definition) is 2. The predicted molar refractivity (Wildman–Crippen MR) is 60.4 cm³/mol. The molecule has 2 rings (SSSR count). The maximum Gasteiger partial charge on any atom is 0.129 e. The van der Waals surface area contributed by atoms with Crippen LogP contribution in [0.5, 0.6) is 0 Å². The van der Waals surface area contributed by atoms with Crippen LogP contribution in [0, 0.1) is 6.92 Å². The van der Waals surface area contributed by atoms with Gasteiger partial charge in [-0.1, -0.05) is 24.3 Å². The minimum atomic E-state index is -0.147. The molecule has 3 heteroatoms. The van der Waals surface area contributed by atoms with Crippen molar-refractivity contribution in [2.75, 3.05) is 0 Å². The topological polar surface area (TPSA) is 43.8 Å². The Bertz CT molecular complexity index is 459. The van der Waals surface area contributed by atoms with Gasteiger partial charge >= 0.3 is 0 Å². The lowest BCUT2D eigenvalue weighted by atomic mass is 10.0. The van der Waals surface area contributed by atoms with Gasteiger partial charge in [0.05, 0.1) is 6.04 Å². The molecular weight excluding hydrogens is 186 g/mol. The molecule has 1 aromatic heterocycles. The molecule has 0 amide bonds. The summed E-state index contributed by atoms with van der Waals surface area (Å²) >= 11 is 0. The lowest BCUT2D eigenvalue weighted by Crippen LogP contribution is -2.17. The van der Waals surface area contributed by atoms with Crippen molar-refractivity contribution in [3.8, 4) is 0 Å². The third-order valence-electron chi connectivity index (χ3n) is 2.66. The van der Waals surface area contributed by atoms with Gasteiger partial charge in [-0.3, -0.25) is 0 Å². The van der Waals surface area contributed by atoms with E-state index in [-0.39, 0.29) is 6.04 Å². The average Bonchev–Trinajstić information content (AvgIpc) is 2.64. The molecule has 0 aliphatic carbocycles. The first-order valence-corrected chi connectivity index (χ1v) is 4.98. The van der Waals surface area contributed by atoms with Crippen LogP contribution < -0.4 is 5.73 Å². The number of benzene rings is 1. The van der Waals surface area contributed by atoms with Gasteiger partial charge in [0.25, 0.3) is 0 Å². The Morgan fingerprint density at radius 3 is 2.67 bits per heavy atom. The smallest absolute Gasteiger partial charge is 0.129 e. The number of rotatable bonds is 2. The number of imidazole rings is 1. The monoisotopic (exact) mass is 201 g/mol. The number of aromatic nitrogens is 2. The molecule has 0 aliphatic heterocycles. The molecule has 0 aliphatic rings. The van der Waals surface area contributed by atoms with E-state index in [1.807, 2.05) is 29.9 Å². The summed E-state index contributed by atoms with van der Waals surface area (Å²) in [4.78, 5) is 4.27. The molecule has 3 nitrogen and oxygen atoms in total. The molecule has 1 heterocycles. The van der Waals surface area contributed by atoms with Crippen molar-refractivity contribution in [2.24, 2.45) is 12.8 Å². The highest BCUT2D eigenvalue weighted by Gasteiger charge is 2.14. The molecule has 2 aromatic rings. The second kappa shape index (κ2) is 3.87. The molecule has 1 atom stereocenters. The summed E-state index contributed by atoms with van der Waals surface area (Å²) in [7, 11) is 1.96. The highest BCUT2D eigenvalue weighted by Crippen LogP contribution is 2.20. The van der Waals surface area contributed by atoms with E-state index >= 15 is 0 Å². The van der Waals surface area contributed by atoms with Gasteiger partial charge in [0, 0.05) is 19.4 Å². The Hall–Kier alpha value is -1.61. The first-order valence-electron chi connectivity index (χ1n) is 4.98. The summed E-state index contributed by atoms with van der Waals surface area (Å²) in [6, 6.07) is 7.99. The second-order valence-electron chi connectivity index (χ2n) is 3.73. The first-order chi connectivity index (χ1) is 7.20. The standard InChI is InChI=1S/C12H15N3/c1-9-5-3-4-6-10(9)11(13)12-14-7-8-15(12)2/h3-8,11H,13H2,1-2H3/t11-/m1/s1. The molecule has 78 valence electrons. The van der Waals surface area contributed by atoms with Crippen molar-refractivity contribution in [2.45, 2.75) is 13.0 Å². The summed E-state index contributed by atoms with van der Waals surface area (Å²) in [5, 5.41) is 0. The van der Waals surface area contributed by atoms with Crippen LogP contribution in [0.15, 0.2) is 36.7 Å². The molecule has 1 aromatic carbocycles. The van der Waals surface area contributed by atoms with Crippen LogP contribution in [0.2, 0.25) is 0 Å². The third kappa shape index (κ3) is 1.78. The van der Waals surface area contributed by atoms with E-state index in [2.05, 4.69) is 24.0 Å². The van der Waals surface area contributed by atoms with E-state index in [9.17, 15) is 0 Å². The molecule has 0 radical (unpaired) electrons. The quantitative estimate of drug-likeness (QED) is 0.804. The SMILES string of the molecule is Cc1ccccc1[C@@H](N)c1nccn1C. The van der Waals surface area contributed by atoms with E-state index in [1.54, 1.807) is 6.20 Å². The van der Waals surface area contributed by atoms with E-state index in [4.69, 9.17) is 5.73 Å². The Labute approximate surface area is 89.6 Å². The van der Waals surface area contributed by atoms with Crippen molar-refractivity contribution in [1.29, 1.82) is 0 Å². The van der Waals surface area contributed by atoms with Gasteiger partial charge in [0.15, 0.2) is 0 Å². The van der Waals surface area contributed by atoms with Crippen LogP contribution in [0.1, 0.15) is 23.0 Å². The summed E-state index contributed by atoms with van der Waals surface area (Å²) in [6.07, 6.45) is 3.68. The molecule has 15 heavy (non-hydrogen) atoms. The Kier molecular flexibility index (Phi) is 2.56. The highest BCUT2D eigenvalue weighted by atomic mass is 15.1. The molecule has 0 bridgehead atoms. The highest BCUT2D eigenvalue weighted by molar-refractivity contribution is 5.32. The van der Waals surface area contributed by atoms with Crippen molar-refractivity contribution in [3.63, 3.8) is 0 Å². The van der Waals surface area contributed by atoms with E-state index in [1.165, 1.54) is 5.56 Å². The van der Waals surface area contributed by atoms with Gasteiger partial charge in [-0.15, -0.1) is 0 Å². The molecule has 0 spiro atoms. The minimum Gasteiger partial charge on any atom is -0.336 e. The zero-order chi connectivity index (χ0) is 10.8. The second-order valence-corrected chi connectivity index (χ2v) is 3.73. The Morgan fingerprint density at radius 2 is 2.07 bits per heavy atom. The van der Waals surface area contributed by atoms with Gasteiger partial charge in [-0.2, -0.15) is 0 Å². The van der Waals surface area contributed by atoms with Crippen LogP contribution in [0.25, 0.3) is 0 Å². The largest absolute Gasteiger partial charge is 0.336 e. The van der Waals surface area contributed by atoms with Crippen LogP contribution >= 0.6 is 0 Å². The Morgan fingerprint density at radius 1 is 1.33 bits per heavy atom. The molecule has 0 saturated heterocycles. The zero-order valence-electron chi connectivity index (χ0n) is 9.01. The van der Waals surface area contributed by atoms with Gasteiger partial charge in [0.2, 0.25) is 0 Å². The average molecular weight is 201 g/mol. The fourth-order valence-corrected chi connectivity index (χ4v) is 1.75. The van der Waals surface area contributed by atoms with Crippen LogP contribution in [0.3, 0.4) is 0 Å². The fraction of sp³-hybridized carbons (Fsp3) is 0.250. The van der Waals surface area contributed by atoms with Crippen molar-refractivity contribution >= 4 is 0 Å². The zero-order valence-corrected chi connectivity index (χ0v) is 9.01. The molecule has 2 N–H and O–H groups in total. The fourth-order valence-electron chi connectivity index (χ4n) is 1.75. The lowest BCUT2D eigenvalue weighted by Gasteiger charge is -2.14. The third-order valence-corrected chi connectivity index (χ3v) is 2.66. The van der Waals surface area contributed by atoms with Crippen molar-refractivity contribution in [3.05, 3.63) is 53.6 Å². The van der Waals surface area contributed by atoms with Crippen LogP contribution in [0.4, 0.5) is 0 Å². The molecule has 0 saturated carbocycles. The van der Waals surface area contributed by atoms with E-state index in [0.717, 1.165) is 11.4 Å². The van der Waals surface area contributed by atoms with Gasteiger partial charge in [-0.05, 0) is 18.1 Å². The number of hydrogen-bond donors (Lipinski definition) is 1. The number of aryl methyl sites for hydroxylation is 2. The summed E-state index contributed by atoms with van der Waals surface area (Å²) in [5.74, 6) is 0.893. The Balaban J connectivity index is 2.41. The molecule has 0 fully saturated rings. The van der Waals surface area contributed by atoms with Crippen molar-refractivity contribution < 1.29 is 0 Å². The normalized spacial score (nSPS) is 12.7. The predicted octanol–water partition coefficient (Wildman–Crippen LogP) is 1.78. The summed E-state index contributed by atoms with van der Waals surface area (Å²) in [6.45, 7) is 2.07. The van der Waals surface area contributed by atoms with E-state index in [0.29, 0.717) is 0 Å². The summed E-state index contributed by atoms with van der Waals surface area (Å²) < 4.78 is 1.96. The first kappa shape index (κ1) is 9.93. The lowest BCUT2D eigenvalue weighted by molar-refractivity contribution is 0.713. The molecule has 0 unspecified atom stereocenters. The maximum absolute atomic E-state index is 6.18. The number of nitrogens with zero attached hydrogens (tertiary/aromatic N) is 2. The summed E-state index contributed by atoms with van der Waals surface area (Å²) in [5.41, 5.74) is 8.51. The van der Waals surface area contributed by atoms with Gasteiger partial charge < -0.3 is 10.3 Å². The molecular formula is C12H15N3.